The van der Waals surface area contributed by atoms with Gasteiger partial charge < -0.3 is 9.29 Å². The predicted octanol–water partition coefficient (Wildman–Crippen LogP) is 2.74. The van der Waals surface area contributed by atoms with Gasteiger partial charge in [-0.2, -0.15) is 0 Å². The van der Waals surface area contributed by atoms with Crippen molar-refractivity contribution >= 4 is 11.1 Å². The van der Waals surface area contributed by atoms with Crippen LogP contribution in [0.4, 0.5) is 0 Å². The van der Waals surface area contributed by atoms with Crippen molar-refractivity contribution in [2.24, 2.45) is 0 Å². The van der Waals surface area contributed by atoms with Gasteiger partial charge in [-0.1, -0.05) is 43.2 Å². The number of hydrogen-bond donors (Lipinski definition) is 1. The Labute approximate surface area is 104 Å². The molecule has 1 N–H and O–H groups in total. The van der Waals surface area contributed by atoms with Crippen molar-refractivity contribution in [1.82, 2.24) is 0 Å². The van der Waals surface area contributed by atoms with Crippen LogP contribution >= 0.6 is 0 Å². The molecule has 1 saturated carbocycles. The molecular weight excluding hydrogens is 236 g/mol. The van der Waals surface area contributed by atoms with Gasteiger partial charge in [0.05, 0.1) is 18.0 Å². The molecule has 1 aromatic carbocycles. The first-order valence-electron chi connectivity index (χ1n) is 5.96. The molecule has 1 aliphatic rings. The van der Waals surface area contributed by atoms with Gasteiger partial charge in [-0.25, -0.2) is 4.21 Å². The Balaban J connectivity index is 1.96. The minimum atomic E-state index is -1.78. The second-order valence-electron chi connectivity index (χ2n) is 4.63. The first-order chi connectivity index (χ1) is 8.20. The van der Waals surface area contributed by atoms with E-state index in [1.165, 1.54) is 0 Å². The van der Waals surface area contributed by atoms with E-state index in [0.717, 1.165) is 31.2 Å². The topological polar surface area (TPSA) is 46.5 Å². The molecule has 94 valence electrons. The summed E-state index contributed by atoms with van der Waals surface area (Å²) in [5, 5.41) is 0. The van der Waals surface area contributed by atoms with Crippen LogP contribution in [0.15, 0.2) is 30.3 Å². The molecule has 1 fully saturated rings. The number of benzene rings is 1. The van der Waals surface area contributed by atoms with Gasteiger partial charge in [0.1, 0.15) is 0 Å². The Morgan fingerprint density at radius 1 is 1.24 bits per heavy atom. The standard InChI is InChI=1S/C13H18O3S/c14-17(15)11-13(8-4-5-9-13)16-10-12-6-2-1-3-7-12/h1-3,6-7H,4-5,8-11H2,(H,14,15). The maximum Gasteiger partial charge on any atom is 0.155 e. The zero-order chi connectivity index (χ0) is 12.1. The van der Waals surface area contributed by atoms with Crippen molar-refractivity contribution in [3.63, 3.8) is 0 Å². The summed E-state index contributed by atoms with van der Waals surface area (Å²) in [7, 11) is 0. The number of hydrogen-bond acceptors (Lipinski definition) is 2. The molecule has 1 aliphatic carbocycles. The lowest BCUT2D eigenvalue weighted by Crippen LogP contribution is -2.35. The lowest BCUT2D eigenvalue weighted by Gasteiger charge is -2.27. The van der Waals surface area contributed by atoms with Gasteiger partial charge in [0.2, 0.25) is 0 Å². The van der Waals surface area contributed by atoms with E-state index in [9.17, 15) is 4.21 Å². The molecule has 0 radical (unpaired) electrons. The van der Waals surface area contributed by atoms with Gasteiger partial charge in [-0.05, 0) is 18.4 Å². The summed E-state index contributed by atoms with van der Waals surface area (Å²) in [4.78, 5) is 0. The fourth-order valence-corrected chi connectivity index (χ4v) is 3.21. The fraction of sp³-hybridized carbons (Fsp3) is 0.538. The summed E-state index contributed by atoms with van der Waals surface area (Å²) in [6, 6.07) is 9.95. The van der Waals surface area contributed by atoms with Crippen LogP contribution < -0.4 is 0 Å². The van der Waals surface area contributed by atoms with E-state index in [1.54, 1.807) is 0 Å². The van der Waals surface area contributed by atoms with E-state index in [-0.39, 0.29) is 11.4 Å². The van der Waals surface area contributed by atoms with Crippen LogP contribution in [0.2, 0.25) is 0 Å². The SMILES string of the molecule is O=S(O)CC1(OCc2ccccc2)CCCC1. The molecule has 1 unspecified atom stereocenters. The highest BCUT2D eigenvalue weighted by atomic mass is 32.2. The quantitative estimate of drug-likeness (QED) is 0.822. The van der Waals surface area contributed by atoms with Crippen LogP contribution in [0.25, 0.3) is 0 Å². The zero-order valence-corrected chi connectivity index (χ0v) is 10.6. The van der Waals surface area contributed by atoms with Gasteiger partial charge in [0.25, 0.3) is 0 Å². The third-order valence-electron chi connectivity index (χ3n) is 3.29. The van der Waals surface area contributed by atoms with E-state index in [2.05, 4.69) is 0 Å². The third-order valence-corrected chi connectivity index (χ3v) is 4.06. The van der Waals surface area contributed by atoms with E-state index < -0.39 is 11.1 Å². The molecule has 4 heteroatoms. The lowest BCUT2D eigenvalue weighted by atomic mass is 10.1. The van der Waals surface area contributed by atoms with E-state index in [1.807, 2.05) is 30.3 Å². The normalized spacial score (nSPS) is 20.3. The Morgan fingerprint density at radius 3 is 2.47 bits per heavy atom. The summed E-state index contributed by atoms with van der Waals surface area (Å²) < 4.78 is 26.0. The molecule has 0 saturated heterocycles. The molecule has 0 bridgehead atoms. The Hall–Kier alpha value is -0.710. The molecule has 0 aromatic heterocycles. The van der Waals surface area contributed by atoms with Gasteiger partial charge in [0.15, 0.2) is 11.1 Å². The summed E-state index contributed by atoms with van der Waals surface area (Å²) in [5.74, 6) is 0.236. The van der Waals surface area contributed by atoms with Crippen molar-refractivity contribution in [2.75, 3.05) is 5.75 Å². The summed E-state index contributed by atoms with van der Waals surface area (Å²) >= 11 is -1.78. The van der Waals surface area contributed by atoms with Crippen LogP contribution in [0.5, 0.6) is 0 Å². The van der Waals surface area contributed by atoms with Crippen molar-refractivity contribution < 1.29 is 13.5 Å². The van der Waals surface area contributed by atoms with Crippen LogP contribution in [-0.4, -0.2) is 20.1 Å². The first-order valence-corrected chi connectivity index (χ1v) is 7.23. The average molecular weight is 254 g/mol. The predicted molar refractivity (Wildman–Crippen MR) is 68.1 cm³/mol. The van der Waals surface area contributed by atoms with Crippen molar-refractivity contribution in [1.29, 1.82) is 0 Å². The molecule has 1 atom stereocenters. The molecule has 1 aromatic rings. The number of ether oxygens (including phenoxy) is 1. The molecule has 0 heterocycles. The molecule has 17 heavy (non-hydrogen) atoms. The molecular formula is C13H18O3S. The average Bonchev–Trinajstić information content (AvgIpc) is 2.76. The summed E-state index contributed by atoms with van der Waals surface area (Å²) in [5.41, 5.74) is 0.734. The highest BCUT2D eigenvalue weighted by Gasteiger charge is 2.36. The molecule has 0 amide bonds. The molecule has 3 nitrogen and oxygen atoms in total. The van der Waals surface area contributed by atoms with Crippen LogP contribution in [-0.2, 0) is 22.4 Å². The van der Waals surface area contributed by atoms with Crippen LogP contribution in [0.3, 0.4) is 0 Å². The minimum Gasteiger partial charge on any atom is -0.369 e. The molecule has 2 rings (SSSR count). The van der Waals surface area contributed by atoms with E-state index >= 15 is 0 Å². The van der Waals surface area contributed by atoms with E-state index in [0.29, 0.717) is 6.61 Å². The summed E-state index contributed by atoms with van der Waals surface area (Å²) in [6.07, 6.45) is 3.97. The van der Waals surface area contributed by atoms with E-state index in [4.69, 9.17) is 9.29 Å². The lowest BCUT2D eigenvalue weighted by molar-refractivity contribution is -0.0351. The van der Waals surface area contributed by atoms with Crippen LogP contribution in [0, 0.1) is 0 Å². The molecule has 0 spiro atoms. The van der Waals surface area contributed by atoms with Gasteiger partial charge in [-0.3, -0.25) is 0 Å². The third kappa shape index (κ3) is 3.63. The Morgan fingerprint density at radius 2 is 1.88 bits per heavy atom. The highest BCUT2D eigenvalue weighted by Crippen LogP contribution is 2.34. The van der Waals surface area contributed by atoms with Crippen molar-refractivity contribution in [2.45, 2.75) is 37.9 Å². The largest absolute Gasteiger partial charge is 0.369 e. The first kappa shape index (κ1) is 12.7. The van der Waals surface area contributed by atoms with Gasteiger partial charge in [-0.15, -0.1) is 0 Å². The minimum absolute atomic E-state index is 0.236. The molecule has 0 aliphatic heterocycles. The second-order valence-corrected chi connectivity index (χ2v) is 5.56. The van der Waals surface area contributed by atoms with Gasteiger partial charge >= 0.3 is 0 Å². The fourth-order valence-electron chi connectivity index (χ4n) is 2.39. The Kier molecular flexibility index (Phi) is 4.31. The van der Waals surface area contributed by atoms with Crippen molar-refractivity contribution in [3.8, 4) is 0 Å². The van der Waals surface area contributed by atoms with Crippen molar-refractivity contribution in [3.05, 3.63) is 35.9 Å². The van der Waals surface area contributed by atoms with Crippen LogP contribution in [0.1, 0.15) is 31.2 Å². The Bertz CT molecular complexity index is 372. The summed E-state index contributed by atoms with van der Waals surface area (Å²) in [6.45, 7) is 0.526. The van der Waals surface area contributed by atoms with Gasteiger partial charge in [0, 0.05) is 0 Å². The number of rotatable bonds is 5. The zero-order valence-electron chi connectivity index (χ0n) is 9.80. The highest BCUT2D eigenvalue weighted by molar-refractivity contribution is 7.79. The maximum atomic E-state index is 11.0. The maximum absolute atomic E-state index is 11.0. The second kappa shape index (κ2) is 5.76. The smallest absolute Gasteiger partial charge is 0.155 e. The monoisotopic (exact) mass is 254 g/mol.